The first-order valence-electron chi connectivity index (χ1n) is 5.06. The number of nitrogens with zero attached hydrogens (tertiary/aromatic N) is 1. The molecule has 0 aromatic heterocycles. The van der Waals surface area contributed by atoms with Crippen molar-refractivity contribution in [3.8, 4) is 6.07 Å². The quantitative estimate of drug-likeness (QED) is 0.778. The fourth-order valence-electron chi connectivity index (χ4n) is 1.78. The molecule has 1 aliphatic carbocycles. The summed E-state index contributed by atoms with van der Waals surface area (Å²) in [5, 5.41) is 9.13. The van der Waals surface area contributed by atoms with Crippen molar-refractivity contribution in [3.05, 3.63) is 30.1 Å². The van der Waals surface area contributed by atoms with Gasteiger partial charge in [0.25, 0.3) is 0 Å². The standard InChI is InChI=1S/C12H12FNS/c1-2-9-7-12(9,8-14)15-11-5-3-10(13)4-6-11/h3-6,9H,2,7H2,1H3. The molecule has 1 saturated carbocycles. The maximum absolute atomic E-state index is 12.7. The smallest absolute Gasteiger partial charge is 0.123 e. The van der Waals surface area contributed by atoms with Gasteiger partial charge in [-0.3, -0.25) is 0 Å². The van der Waals surface area contributed by atoms with E-state index in [1.165, 1.54) is 12.1 Å². The minimum atomic E-state index is -0.243. The summed E-state index contributed by atoms with van der Waals surface area (Å²) in [5.74, 6) is 0.269. The summed E-state index contributed by atoms with van der Waals surface area (Å²) in [4.78, 5) is 0.980. The van der Waals surface area contributed by atoms with Crippen molar-refractivity contribution in [3.63, 3.8) is 0 Å². The van der Waals surface area contributed by atoms with Crippen LogP contribution in [0.25, 0.3) is 0 Å². The van der Waals surface area contributed by atoms with Crippen molar-refractivity contribution in [2.24, 2.45) is 5.92 Å². The number of nitriles is 1. The van der Waals surface area contributed by atoms with Crippen LogP contribution >= 0.6 is 11.8 Å². The van der Waals surface area contributed by atoms with Crippen LogP contribution in [0, 0.1) is 23.1 Å². The average molecular weight is 221 g/mol. The van der Waals surface area contributed by atoms with Crippen molar-refractivity contribution in [1.82, 2.24) is 0 Å². The van der Waals surface area contributed by atoms with E-state index in [0.717, 1.165) is 17.7 Å². The zero-order valence-corrected chi connectivity index (χ0v) is 9.35. The zero-order valence-electron chi connectivity index (χ0n) is 8.53. The summed E-state index contributed by atoms with van der Waals surface area (Å²) >= 11 is 1.57. The molecule has 1 nitrogen and oxygen atoms in total. The molecule has 3 heteroatoms. The molecule has 0 aliphatic heterocycles. The van der Waals surface area contributed by atoms with Gasteiger partial charge in [-0.05, 0) is 36.6 Å². The highest BCUT2D eigenvalue weighted by Crippen LogP contribution is 2.57. The van der Waals surface area contributed by atoms with Crippen LogP contribution in [0.1, 0.15) is 19.8 Å². The summed E-state index contributed by atoms with van der Waals surface area (Å²) in [6.07, 6.45) is 2.00. The van der Waals surface area contributed by atoms with Gasteiger partial charge in [-0.2, -0.15) is 5.26 Å². The second-order valence-electron chi connectivity index (χ2n) is 3.87. The molecule has 0 spiro atoms. The normalized spacial score (nSPS) is 28.5. The van der Waals surface area contributed by atoms with Crippen LogP contribution in [-0.4, -0.2) is 4.75 Å². The molecular weight excluding hydrogens is 209 g/mol. The van der Waals surface area contributed by atoms with E-state index in [2.05, 4.69) is 13.0 Å². The predicted molar refractivity (Wildman–Crippen MR) is 59.0 cm³/mol. The van der Waals surface area contributed by atoms with Gasteiger partial charge in [0.15, 0.2) is 0 Å². The number of hydrogen-bond donors (Lipinski definition) is 0. The third-order valence-electron chi connectivity index (χ3n) is 2.84. The first-order valence-corrected chi connectivity index (χ1v) is 5.87. The van der Waals surface area contributed by atoms with E-state index >= 15 is 0 Å². The molecule has 1 aromatic carbocycles. The molecule has 0 amide bonds. The summed E-state index contributed by atoms with van der Waals surface area (Å²) in [5.41, 5.74) is 0. The van der Waals surface area contributed by atoms with Crippen LogP contribution in [0.4, 0.5) is 4.39 Å². The Morgan fingerprint density at radius 3 is 2.67 bits per heavy atom. The molecule has 1 fully saturated rings. The molecule has 1 aromatic rings. The third kappa shape index (κ3) is 2.00. The van der Waals surface area contributed by atoms with Crippen LogP contribution in [0.5, 0.6) is 0 Å². The van der Waals surface area contributed by atoms with Gasteiger partial charge >= 0.3 is 0 Å². The topological polar surface area (TPSA) is 23.8 Å². The van der Waals surface area contributed by atoms with Crippen molar-refractivity contribution in [2.45, 2.75) is 29.4 Å². The number of benzene rings is 1. The van der Waals surface area contributed by atoms with E-state index in [1.54, 1.807) is 23.9 Å². The molecule has 2 atom stereocenters. The molecule has 0 N–H and O–H groups in total. The fraction of sp³-hybridized carbons (Fsp3) is 0.417. The van der Waals surface area contributed by atoms with Crippen LogP contribution in [0.15, 0.2) is 29.2 Å². The molecule has 2 rings (SSSR count). The lowest BCUT2D eigenvalue weighted by Gasteiger charge is -2.07. The summed E-state index contributed by atoms with van der Waals surface area (Å²) in [7, 11) is 0. The highest BCUT2D eigenvalue weighted by molar-refractivity contribution is 8.01. The van der Waals surface area contributed by atoms with E-state index in [4.69, 9.17) is 5.26 Å². The maximum Gasteiger partial charge on any atom is 0.123 e. The first-order chi connectivity index (χ1) is 7.20. The van der Waals surface area contributed by atoms with Gasteiger partial charge in [-0.1, -0.05) is 13.3 Å². The van der Waals surface area contributed by atoms with Crippen LogP contribution in [-0.2, 0) is 0 Å². The highest BCUT2D eigenvalue weighted by atomic mass is 32.2. The minimum absolute atomic E-state index is 0.229. The molecule has 0 bridgehead atoms. The number of rotatable bonds is 3. The minimum Gasteiger partial charge on any atom is -0.207 e. The molecule has 1 aliphatic rings. The van der Waals surface area contributed by atoms with Crippen molar-refractivity contribution in [1.29, 1.82) is 5.26 Å². The van der Waals surface area contributed by atoms with Gasteiger partial charge in [0, 0.05) is 4.90 Å². The molecule has 2 unspecified atom stereocenters. The van der Waals surface area contributed by atoms with Gasteiger partial charge < -0.3 is 0 Å². The third-order valence-corrected chi connectivity index (χ3v) is 4.31. The van der Waals surface area contributed by atoms with E-state index in [1.807, 2.05) is 0 Å². The average Bonchev–Trinajstić information content (AvgIpc) is 2.96. The summed E-state index contributed by atoms with van der Waals surface area (Å²) in [6, 6.07) is 8.75. The second kappa shape index (κ2) is 3.86. The summed E-state index contributed by atoms with van der Waals surface area (Å²) < 4.78 is 12.4. The molecule has 0 heterocycles. The lowest BCUT2D eigenvalue weighted by molar-refractivity contribution is 0.626. The van der Waals surface area contributed by atoms with E-state index in [0.29, 0.717) is 5.92 Å². The Kier molecular flexibility index (Phi) is 2.70. The summed E-state index contributed by atoms with van der Waals surface area (Å²) in [6.45, 7) is 2.11. The highest BCUT2D eigenvalue weighted by Gasteiger charge is 2.54. The maximum atomic E-state index is 12.7. The molecule has 0 radical (unpaired) electrons. The van der Waals surface area contributed by atoms with Gasteiger partial charge in [0.2, 0.25) is 0 Å². The first kappa shape index (κ1) is 10.5. The van der Waals surface area contributed by atoms with E-state index < -0.39 is 0 Å². The van der Waals surface area contributed by atoms with Crippen LogP contribution < -0.4 is 0 Å². The molecule has 15 heavy (non-hydrogen) atoms. The Morgan fingerprint density at radius 1 is 1.53 bits per heavy atom. The Bertz CT molecular complexity index is 395. The fourth-order valence-corrected chi connectivity index (χ4v) is 3.14. The number of thioether (sulfide) groups is 1. The van der Waals surface area contributed by atoms with Crippen molar-refractivity contribution >= 4 is 11.8 Å². The Balaban J connectivity index is 2.10. The van der Waals surface area contributed by atoms with Gasteiger partial charge in [-0.25, -0.2) is 4.39 Å². The molecule has 0 saturated heterocycles. The molecular formula is C12H12FNS. The largest absolute Gasteiger partial charge is 0.207 e. The van der Waals surface area contributed by atoms with Gasteiger partial charge in [0.05, 0.1) is 6.07 Å². The van der Waals surface area contributed by atoms with Gasteiger partial charge in [-0.15, -0.1) is 11.8 Å². The van der Waals surface area contributed by atoms with Crippen LogP contribution in [0.3, 0.4) is 0 Å². The number of hydrogen-bond acceptors (Lipinski definition) is 2. The Labute approximate surface area is 93.3 Å². The Morgan fingerprint density at radius 2 is 2.20 bits per heavy atom. The van der Waals surface area contributed by atoms with Crippen molar-refractivity contribution < 1.29 is 4.39 Å². The lowest BCUT2D eigenvalue weighted by Crippen LogP contribution is -2.02. The monoisotopic (exact) mass is 221 g/mol. The second-order valence-corrected chi connectivity index (χ2v) is 5.27. The Hall–Kier alpha value is -1.01. The van der Waals surface area contributed by atoms with Crippen LogP contribution in [0.2, 0.25) is 0 Å². The van der Waals surface area contributed by atoms with E-state index in [9.17, 15) is 4.39 Å². The number of halogens is 1. The predicted octanol–water partition coefficient (Wildman–Crippen LogP) is 3.61. The van der Waals surface area contributed by atoms with Gasteiger partial charge in [0.1, 0.15) is 10.6 Å². The van der Waals surface area contributed by atoms with E-state index in [-0.39, 0.29) is 10.6 Å². The molecule has 78 valence electrons. The zero-order chi connectivity index (χ0) is 10.9. The van der Waals surface area contributed by atoms with Crippen molar-refractivity contribution in [2.75, 3.05) is 0 Å². The SMILES string of the molecule is CCC1CC1(C#N)Sc1ccc(F)cc1. The lowest BCUT2D eigenvalue weighted by atomic mass is 10.3.